The van der Waals surface area contributed by atoms with Crippen LogP contribution in [0.3, 0.4) is 0 Å². The van der Waals surface area contributed by atoms with Crippen molar-refractivity contribution >= 4 is 21.6 Å². The molecule has 0 spiro atoms. The van der Waals surface area contributed by atoms with Gasteiger partial charge in [0.15, 0.2) is 0 Å². The Hall–Kier alpha value is -2.58. The van der Waals surface area contributed by atoms with Gasteiger partial charge in [-0.05, 0) is 12.1 Å². The number of hydrogen-bond donors (Lipinski definition) is 1. The molecule has 0 aliphatic carbocycles. The van der Waals surface area contributed by atoms with Gasteiger partial charge >= 0.3 is 0 Å². The van der Waals surface area contributed by atoms with E-state index in [0.29, 0.717) is 24.5 Å². The van der Waals surface area contributed by atoms with E-state index in [9.17, 15) is 13.2 Å². The van der Waals surface area contributed by atoms with E-state index < -0.39 is 10.0 Å². The van der Waals surface area contributed by atoms with Gasteiger partial charge in [-0.2, -0.15) is 0 Å². The molecule has 0 atom stereocenters. The van der Waals surface area contributed by atoms with Gasteiger partial charge < -0.3 is 14.5 Å². The lowest BCUT2D eigenvalue weighted by atomic mass is 10.2. The average molecular weight is 419 g/mol. The predicted octanol–water partition coefficient (Wildman–Crippen LogP) is 0.389. The third-order valence-corrected chi connectivity index (χ3v) is 6.28. The van der Waals surface area contributed by atoms with Gasteiger partial charge in [0.25, 0.3) is 0 Å². The molecule has 156 valence electrons. The van der Waals surface area contributed by atoms with E-state index in [1.54, 1.807) is 29.2 Å². The second-order valence-corrected chi connectivity index (χ2v) is 9.17. The zero-order chi connectivity index (χ0) is 20.9. The molecule has 0 saturated carbocycles. The molecule has 0 radical (unpaired) electrons. The van der Waals surface area contributed by atoms with Crippen LogP contribution in [0.15, 0.2) is 54.6 Å². The summed E-state index contributed by atoms with van der Waals surface area (Å²) in [6.45, 7) is 3.66. The first-order valence-corrected chi connectivity index (χ1v) is 11.5. The Morgan fingerprint density at radius 3 is 2.41 bits per heavy atom. The van der Waals surface area contributed by atoms with Crippen molar-refractivity contribution in [2.24, 2.45) is 0 Å². The quantitative estimate of drug-likeness (QED) is 0.706. The molecule has 1 heterocycles. The maximum absolute atomic E-state index is 12.8. The highest BCUT2D eigenvalue weighted by atomic mass is 32.2. The number of hydrogen-bond acceptors (Lipinski definition) is 4. The normalized spacial score (nSPS) is 15.2. The SMILES string of the molecule is COc1cccc(N(CC(=O)N2CC[NH+](Cc3ccccc3)CC2)S(C)(=O)=O)c1. The van der Waals surface area contributed by atoms with Crippen molar-refractivity contribution in [2.45, 2.75) is 6.54 Å². The zero-order valence-corrected chi connectivity index (χ0v) is 17.7. The molecule has 1 N–H and O–H groups in total. The maximum Gasteiger partial charge on any atom is 0.243 e. The molecule has 1 fully saturated rings. The summed E-state index contributed by atoms with van der Waals surface area (Å²) in [5, 5.41) is 0. The number of piperazine rings is 1. The maximum atomic E-state index is 12.8. The van der Waals surface area contributed by atoms with Gasteiger partial charge in [-0.3, -0.25) is 9.10 Å². The van der Waals surface area contributed by atoms with Crippen LogP contribution in [0.25, 0.3) is 0 Å². The highest BCUT2D eigenvalue weighted by molar-refractivity contribution is 7.92. The molecule has 2 aromatic rings. The molecule has 0 bridgehead atoms. The van der Waals surface area contributed by atoms with E-state index in [4.69, 9.17) is 4.74 Å². The number of carbonyl (C=O) groups excluding carboxylic acids is 1. The van der Waals surface area contributed by atoms with Crippen molar-refractivity contribution in [3.63, 3.8) is 0 Å². The highest BCUT2D eigenvalue weighted by Gasteiger charge is 2.28. The van der Waals surface area contributed by atoms with Gasteiger partial charge in [0.05, 0.1) is 45.2 Å². The van der Waals surface area contributed by atoms with E-state index >= 15 is 0 Å². The van der Waals surface area contributed by atoms with Crippen molar-refractivity contribution in [1.29, 1.82) is 0 Å². The van der Waals surface area contributed by atoms with Crippen LogP contribution < -0.4 is 13.9 Å². The third kappa shape index (κ3) is 5.71. The Morgan fingerprint density at radius 1 is 1.10 bits per heavy atom. The monoisotopic (exact) mass is 418 g/mol. The molecule has 7 nitrogen and oxygen atoms in total. The molecule has 1 amide bonds. The average Bonchev–Trinajstić information content (AvgIpc) is 2.72. The van der Waals surface area contributed by atoms with Crippen LogP contribution >= 0.6 is 0 Å². The van der Waals surface area contributed by atoms with Gasteiger partial charge in [0.1, 0.15) is 18.8 Å². The molecule has 0 aromatic heterocycles. The summed E-state index contributed by atoms with van der Waals surface area (Å²) in [6, 6.07) is 17.0. The van der Waals surface area contributed by atoms with Gasteiger partial charge in [-0.15, -0.1) is 0 Å². The molecule has 1 aliphatic heterocycles. The van der Waals surface area contributed by atoms with Gasteiger partial charge in [-0.25, -0.2) is 8.42 Å². The van der Waals surface area contributed by atoms with Gasteiger partial charge in [0.2, 0.25) is 15.9 Å². The molecule has 8 heteroatoms. The summed E-state index contributed by atoms with van der Waals surface area (Å²) < 4.78 is 31.0. The Balaban J connectivity index is 1.62. The number of carbonyl (C=O) groups is 1. The van der Waals surface area contributed by atoms with Crippen molar-refractivity contribution in [2.75, 3.05) is 50.4 Å². The lowest BCUT2D eigenvalue weighted by Gasteiger charge is -2.33. The van der Waals surface area contributed by atoms with E-state index in [0.717, 1.165) is 30.2 Å². The van der Waals surface area contributed by atoms with Crippen molar-refractivity contribution < 1.29 is 22.8 Å². The molecule has 2 aromatic carbocycles. The number of sulfonamides is 1. The molecular weight excluding hydrogens is 390 g/mol. The summed E-state index contributed by atoms with van der Waals surface area (Å²) in [5.41, 5.74) is 1.71. The standard InChI is InChI=1S/C21H27N3O4S/c1-28-20-10-6-9-19(15-20)24(29(2,26)27)17-21(25)23-13-11-22(12-14-23)16-18-7-4-3-5-8-18/h3-10,15H,11-14,16-17H2,1-2H3/p+1. The number of methoxy groups -OCH3 is 1. The fourth-order valence-electron chi connectivity index (χ4n) is 3.52. The lowest BCUT2D eigenvalue weighted by molar-refractivity contribution is -0.917. The smallest absolute Gasteiger partial charge is 0.243 e. The first-order valence-electron chi connectivity index (χ1n) is 9.64. The van der Waals surface area contributed by atoms with Gasteiger partial charge in [-0.1, -0.05) is 36.4 Å². The number of ether oxygens (including phenoxy) is 1. The number of amides is 1. The van der Waals surface area contributed by atoms with E-state index in [1.807, 2.05) is 18.2 Å². The Labute approximate surface area is 172 Å². The summed E-state index contributed by atoms with van der Waals surface area (Å²) >= 11 is 0. The summed E-state index contributed by atoms with van der Waals surface area (Å²) in [7, 11) is -2.08. The molecule has 3 rings (SSSR count). The van der Waals surface area contributed by atoms with Crippen LogP contribution in [0.5, 0.6) is 5.75 Å². The highest BCUT2D eigenvalue weighted by Crippen LogP contribution is 2.23. The zero-order valence-electron chi connectivity index (χ0n) is 16.9. The number of benzene rings is 2. The van der Waals surface area contributed by atoms with Crippen LogP contribution in [0.4, 0.5) is 5.69 Å². The van der Waals surface area contributed by atoms with Crippen LogP contribution in [0.2, 0.25) is 0 Å². The van der Waals surface area contributed by atoms with Crippen molar-refractivity contribution in [1.82, 2.24) is 4.90 Å². The number of nitrogens with zero attached hydrogens (tertiary/aromatic N) is 2. The Bertz CT molecular complexity index is 926. The van der Waals surface area contributed by atoms with E-state index in [-0.39, 0.29) is 12.5 Å². The number of rotatable bonds is 7. The minimum Gasteiger partial charge on any atom is -0.497 e. The summed E-state index contributed by atoms with van der Waals surface area (Å²) in [4.78, 5) is 16.0. The minimum absolute atomic E-state index is 0.183. The summed E-state index contributed by atoms with van der Waals surface area (Å²) in [5.74, 6) is 0.360. The van der Waals surface area contributed by atoms with Crippen molar-refractivity contribution in [3.05, 3.63) is 60.2 Å². The van der Waals surface area contributed by atoms with Crippen LogP contribution in [-0.4, -0.2) is 65.3 Å². The van der Waals surface area contributed by atoms with Gasteiger partial charge in [0, 0.05) is 11.6 Å². The first-order chi connectivity index (χ1) is 13.9. The summed E-state index contributed by atoms with van der Waals surface area (Å²) in [6.07, 6.45) is 1.11. The minimum atomic E-state index is -3.60. The molecular formula is C21H28N3O4S+. The van der Waals surface area contributed by atoms with Crippen LogP contribution in [0.1, 0.15) is 5.56 Å². The first kappa shape index (κ1) is 21.1. The van der Waals surface area contributed by atoms with Crippen LogP contribution in [0, 0.1) is 0 Å². The van der Waals surface area contributed by atoms with Crippen LogP contribution in [-0.2, 0) is 21.4 Å². The lowest BCUT2D eigenvalue weighted by Crippen LogP contribution is -3.13. The van der Waals surface area contributed by atoms with E-state index in [2.05, 4.69) is 12.1 Å². The molecule has 29 heavy (non-hydrogen) atoms. The fraction of sp³-hybridized carbons (Fsp3) is 0.381. The Morgan fingerprint density at radius 2 is 1.79 bits per heavy atom. The second-order valence-electron chi connectivity index (χ2n) is 7.26. The largest absolute Gasteiger partial charge is 0.497 e. The van der Waals surface area contributed by atoms with Crippen molar-refractivity contribution in [3.8, 4) is 5.75 Å². The predicted molar refractivity (Wildman–Crippen MR) is 113 cm³/mol. The molecule has 1 saturated heterocycles. The topological polar surface area (TPSA) is 71.4 Å². The second kappa shape index (κ2) is 9.28. The van der Waals surface area contributed by atoms with E-state index in [1.165, 1.54) is 17.6 Å². The Kier molecular flexibility index (Phi) is 6.76. The third-order valence-electron chi connectivity index (χ3n) is 5.14. The number of quaternary nitrogens is 1. The number of nitrogens with one attached hydrogen (secondary N) is 1. The fourth-order valence-corrected chi connectivity index (χ4v) is 4.36. The molecule has 1 aliphatic rings. The molecule has 0 unspecified atom stereocenters. The number of anilines is 1.